The lowest BCUT2D eigenvalue weighted by Gasteiger charge is -2.24. The van der Waals surface area contributed by atoms with Gasteiger partial charge in [0.15, 0.2) is 0 Å². The maximum atomic E-state index is 11.6. The Hall–Kier alpha value is -1.51. The summed E-state index contributed by atoms with van der Waals surface area (Å²) in [5.41, 5.74) is 2.48. The highest BCUT2D eigenvalue weighted by Gasteiger charge is 2.24. The zero-order valence-corrected chi connectivity index (χ0v) is 11.3. The quantitative estimate of drug-likeness (QED) is 0.864. The van der Waals surface area contributed by atoms with Crippen molar-refractivity contribution in [3.05, 3.63) is 29.8 Å². The number of anilines is 1. The SMILES string of the molecule is CN(C)c1ccc(CCNC(=O)C2CCC2)cc1. The molecule has 1 N–H and O–H groups in total. The summed E-state index contributed by atoms with van der Waals surface area (Å²) < 4.78 is 0. The van der Waals surface area contributed by atoms with E-state index in [0.717, 1.165) is 25.8 Å². The monoisotopic (exact) mass is 246 g/mol. The maximum absolute atomic E-state index is 11.6. The molecule has 3 nitrogen and oxygen atoms in total. The average molecular weight is 246 g/mol. The van der Waals surface area contributed by atoms with Crippen LogP contribution in [0.3, 0.4) is 0 Å². The van der Waals surface area contributed by atoms with E-state index in [1.54, 1.807) is 0 Å². The average Bonchev–Trinajstić information content (AvgIpc) is 2.27. The van der Waals surface area contributed by atoms with Crippen molar-refractivity contribution in [3.8, 4) is 0 Å². The van der Waals surface area contributed by atoms with Crippen LogP contribution >= 0.6 is 0 Å². The first kappa shape index (κ1) is 12.9. The highest BCUT2D eigenvalue weighted by Crippen LogP contribution is 2.26. The van der Waals surface area contributed by atoms with Crippen molar-refractivity contribution in [2.75, 3.05) is 25.5 Å². The minimum Gasteiger partial charge on any atom is -0.378 e. The van der Waals surface area contributed by atoms with Gasteiger partial charge < -0.3 is 10.2 Å². The third-order valence-corrected chi connectivity index (χ3v) is 3.64. The molecule has 0 bridgehead atoms. The Morgan fingerprint density at radius 1 is 1.28 bits per heavy atom. The summed E-state index contributed by atoms with van der Waals surface area (Å²) in [6.45, 7) is 0.747. The molecule has 3 heteroatoms. The molecule has 1 amide bonds. The Labute approximate surface area is 109 Å². The van der Waals surface area contributed by atoms with Gasteiger partial charge in [-0.05, 0) is 37.0 Å². The summed E-state index contributed by atoms with van der Waals surface area (Å²) in [4.78, 5) is 13.7. The summed E-state index contributed by atoms with van der Waals surface area (Å²) in [6, 6.07) is 8.49. The van der Waals surface area contributed by atoms with Crippen LogP contribution < -0.4 is 10.2 Å². The predicted octanol–water partition coefficient (Wildman–Crippen LogP) is 2.21. The van der Waals surface area contributed by atoms with E-state index in [9.17, 15) is 4.79 Å². The van der Waals surface area contributed by atoms with Crippen molar-refractivity contribution in [1.29, 1.82) is 0 Å². The van der Waals surface area contributed by atoms with E-state index in [1.165, 1.54) is 17.7 Å². The zero-order valence-electron chi connectivity index (χ0n) is 11.3. The Morgan fingerprint density at radius 3 is 2.44 bits per heavy atom. The van der Waals surface area contributed by atoms with E-state index in [1.807, 2.05) is 14.1 Å². The molecule has 0 atom stereocenters. The number of nitrogens with one attached hydrogen (secondary N) is 1. The topological polar surface area (TPSA) is 32.3 Å². The highest BCUT2D eigenvalue weighted by atomic mass is 16.1. The molecule has 2 rings (SSSR count). The fourth-order valence-corrected chi connectivity index (χ4v) is 2.11. The summed E-state index contributed by atoms with van der Waals surface area (Å²) in [5, 5.41) is 3.02. The van der Waals surface area contributed by atoms with Crippen molar-refractivity contribution < 1.29 is 4.79 Å². The summed E-state index contributed by atoms with van der Waals surface area (Å²) in [6.07, 6.45) is 4.27. The van der Waals surface area contributed by atoms with Crippen molar-refractivity contribution in [1.82, 2.24) is 5.32 Å². The number of nitrogens with zero attached hydrogens (tertiary/aromatic N) is 1. The Bertz CT molecular complexity index is 393. The van der Waals surface area contributed by atoms with Gasteiger partial charge in [0.1, 0.15) is 0 Å². The lowest BCUT2D eigenvalue weighted by atomic mass is 9.85. The van der Waals surface area contributed by atoms with E-state index in [0.29, 0.717) is 5.92 Å². The molecule has 1 aliphatic rings. The molecular weight excluding hydrogens is 224 g/mol. The van der Waals surface area contributed by atoms with E-state index in [2.05, 4.69) is 34.5 Å². The number of carbonyl (C=O) groups is 1. The lowest BCUT2D eigenvalue weighted by molar-refractivity contribution is -0.127. The zero-order chi connectivity index (χ0) is 13.0. The normalized spacial score (nSPS) is 15.0. The molecule has 1 saturated carbocycles. The van der Waals surface area contributed by atoms with Gasteiger partial charge in [-0.25, -0.2) is 0 Å². The number of carbonyl (C=O) groups excluding carboxylic acids is 1. The first-order chi connectivity index (χ1) is 8.66. The van der Waals surface area contributed by atoms with Crippen molar-refractivity contribution in [2.45, 2.75) is 25.7 Å². The molecule has 0 saturated heterocycles. The summed E-state index contributed by atoms with van der Waals surface area (Å²) >= 11 is 0. The molecule has 0 radical (unpaired) electrons. The minimum absolute atomic E-state index is 0.242. The van der Waals surface area contributed by atoms with Crippen LogP contribution in [0, 0.1) is 5.92 Å². The van der Waals surface area contributed by atoms with Crippen molar-refractivity contribution >= 4 is 11.6 Å². The van der Waals surface area contributed by atoms with Crippen LogP contribution in [-0.2, 0) is 11.2 Å². The minimum atomic E-state index is 0.242. The van der Waals surface area contributed by atoms with Crippen LogP contribution in [0.15, 0.2) is 24.3 Å². The predicted molar refractivity (Wildman–Crippen MR) is 74.8 cm³/mol. The first-order valence-electron chi connectivity index (χ1n) is 6.71. The Morgan fingerprint density at radius 2 is 1.94 bits per heavy atom. The number of hydrogen-bond acceptors (Lipinski definition) is 2. The summed E-state index contributed by atoms with van der Waals surface area (Å²) in [7, 11) is 4.07. The van der Waals surface area contributed by atoms with Crippen LogP contribution in [0.5, 0.6) is 0 Å². The molecule has 0 heterocycles. The molecule has 0 spiro atoms. The van der Waals surface area contributed by atoms with Gasteiger partial charge in [0, 0.05) is 32.2 Å². The molecule has 98 valence electrons. The number of rotatable bonds is 5. The Kier molecular flexibility index (Phi) is 4.24. The fourth-order valence-electron chi connectivity index (χ4n) is 2.11. The van der Waals surface area contributed by atoms with Crippen molar-refractivity contribution in [2.24, 2.45) is 5.92 Å². The van der Waals surface area contributed by atoms with Crippen LogP contribution in [0.1, 0.15) is 24.8 Å². The van der Waals surface area contributed by atoms with Crippen molar-refractivity contribution in [3.63, 3.8) is 0 Å². The third kappa shape index (κ3) is 3.25. The largest absolute Gasteiger partial charge is 0.378 e. The Balaban J connectivity index is 1.74. The van der Waals surface area contributed by atoms with Crippen LogP contribution in [0.2, 0.25) is 0 Å². The van der Waals surface area contributed by atoms with Gasteiger partial charge in [-0.1, -0.05) is 18.6 Å². The smallest absolute Gasteiger partial charge is 0.223 e. The second-order valence-corrected chi connectivity index (χ2v) is 5.23. The van der Waals surface area contributed by atoms with Crippen LogP contribution in [0.4, 0.5) is 5.69 Å². The van der Waals surface area contributed by atoms with Crippen LogP contribution in [-0.4, -0.2) is 26.5 Å². The van der Waals surface area contributed by atoms with Gasteiger partial charge in [0.25, 0.3) is 0 Å². The van der Waals surface area contributed by atoms with E-state index < -0.39 is 0 Å². The second-order valence-electron chi connectivity index (χ2n) is 5.23. The number of amides is 1. The second kappa shape index (κ2) is 5.89. The van der Waals surface area contributed by atoms with Crippen LogP contribution in [0.25, 0.3) is 0 Å². The third-order valence-electron chi connectivity index (χ3n) is 3.64. The van der Waals surface area contributed by atoms with Gasteiger partial charge >= 0.3 is 0 Å². The van der Waals surface area contributed by atoms with Gasteiger partial charge in [-0.2, -0.15) is 0 Å². The van der Waals surface area contributed by atoms with Gasteiger partial charge in [-0.15, -0.1) is 0 Å². The van der Waals surface area contributed by atoms with E-state index >= 15 is 0 Å². The number of benzene rings is 1. The number of hydrogen-bond donors (Lipinski definition) is 1. The maximum Gasteiger partial charge on any atom is 0.223 e. The van der Waals surface area contributed by atoms with Gasteiger partial charge in [0.2, 0.25) is 5.91 Å². The molecule has 0 aromatic heterocycles. The van der Waals surface area contributed by atoms with E-state index in [-0.39, 0.29) is 5.91 Å². The molecule has 1 aromatic rings. The van der Waals surface area contributed by atoms with E-state index in [4.69, 9.17) is 0 Å². The standard InChI is InChI=1S/C15H22N2O/c1-17(2)14-8-6-12(7-9-14)10-11-16-15(18)13-4-3-5-13/h6-9,13H,3-5,10-11H2,1-2H3,(H,16,18). The molecule has 0 unspecified atom stereocenters. The molecular formula is C15H22N2O. The molecule has 0 aliphatic heterocycles. The van der Waals surface area contributed by atoms with Gasteiger partial charge in [-0.3, -0.25) is 4.79 Å². The molecule has 18 heavy (non-hydrogen) atoms. The summed E-state index contributed by atoms with van der Waals surface area (Å²) in [5.74, 6) is 0.535. The van der Waals surface area contributed by atoms with Gasteiger partial charge in [0.05, 0.1) is 0 Å². The molecule has 1 fully saturated rings. The first-order valence-corrected chi connectivity index (χ1v) is 6.71. The highest BCUT2D eigenvalue weighted by molar-refractivity contribution is 5.79. The molecule has 1 aromatic carbocycles. The lowest BCUT2D eigenvalue weighted by Crippen LogP contribution is -2.35. The molecule has 1 aliphatic carbocycles. The fraction of sp³-hybridized carbons (Fsp3) is 0.533.